The molecule has 1 saturated heterocycles. The van der Waals surface area contributed by atoms with E-state index in [1.165, 1.54) is 12.1 Å². The molecule has 0 saturated carbocycles. The van der Waals surface area contributed by atoms with E-state index in [4.69, 9.17) is 29.2 Å². The largest absolute Gasteiger partial charge is 0.494 e. The maximum absolute atomic E-state index is 12.4. The van der Waals surface area contributed by atoms with E-state index in [0.29, 0.717) is 5.46 Å². The van der Waals surface area contributed by atoms with Gasteiger partial charge in [-0.1, -0.05) is 6.07 Å². The van der Waals surface area contributed by atoms with Gasteiger partial charge in [0.25, 0.3) is 0 Å². The van der Waals surface area contributed by atoms with Gasteiger partial charge in [0.1, 0.15) is 12.7 Å². The van der Waals surface area contributed by atoms with Crippen LogP contribution in [-0.4, -0.2) is 48.9 Å². The quantitative estimate of drug-likeness (QED) is 0.754. The van der Waals surface area contributed by atoms with E-state index in [1.54, 1.807) is 12.1 Å². The topological polar surface area (TPSA) is 80.9 Å². The summed E-state index contributed by atoms with van der Waals surface area (Å²) in [6, 6.07) is 6.21. The summed E-state index contributed by atoms with van der Waals surface area (Å²) in [5.74, 6) is 0.0203. The molecule has 0 aromatic heterocycles. The molecule has 0 aliphatic carbocycles. The van der Waals surface area contributed by atoms with Gasteiger partial charge in [-0.25, -0.2) is 0 Å². The monoisotopic (exact) mass is 387 g/mol. The number of benzene rings is 1. The van der Waals surface area contributed by atoms with Gasteiger partial charge in [0.2, 0.25) is 0 Å². The van der Waals surface area contributed by atoms with E-state index in [0.717, 1.165) is 0 Å². The van der Waals surface area contributed by atoms with Gasteiger partial charge in [-0.05, 0) is 45.3 Å². The second-order valence-corrected chi connectivity index (χ2v) is 7.11. The second kappa shape index (κ2) is 7.58. The first-order chi connectivity index (χ1) is 12.4. The van der Waals surface area contributed by atoms with Gasteiger partial charge in [-0.2, -0.15) is 18.4 Å². The number of nitriles is 1. The predicted molar refractivity (Wildman–Crippen MR) is 90.8 cm³/mol. The molecule has 1 heterocycles. The maximum atomic E-state index is 12.4. The van der Waals surface area contributed by atoms with Crippen molar-refractivity contribution in [2.45, 2.75) is 51.2 Å². The first-order valence-electron chi connectivity index (χ1n) is 8.24. The third-order valence-corrected chi connectivity index (χ3v) is 4.56. The van der Waals surface area contributed by atoms with E-state index in [9.17, 15) is 13.2 Å². The van der Waals surface area contributed by atoms with Crippen molar-refractivity contribution in [2.75, 3.05) is 13.2 Å². The normalized spacial score (nSPS) is 19.4. The van der Waals surface area contributed by atoms with Gasteiger partial charge in [0.05, 0.1) is 11.2 Å². The number of rotatable bonds is 6. The highest BCUT2D eigenvalue weighted by atomic mass is 19.4. The van der Waals surface area contributed by atoms with Crippen LogP contribution in [0.1, 0.15) is 27.7 Å². The van der Waals surface area contributed by atoms with Crippen LogP contribution in [0.5, 0.6) is 11.5 Å². The molecule has 0 radical (unpaired) electrons. The SMILES string of the molecule is CC1(C)OB(c2ccc(OCC(O)C(F)(F)F)c(OCC#N)c2)OC1(C)C. The Hall–Kier alpha value is -1.96. The van der Waals surface area contributed by atoms with Crippen LogP contribution in [0.15, 0.2) is 18.2 Å². The van der Waals surface area contributed by atoms with Crippen LogP contribution in [0.4, 0.5) is 13.2 Å². The van der Waals surface area contributed by atoms with Gasteiger partial charge < -0.3 is 23.9 Å². The molecule has 0 spiro atoms. The summed E-state index contributed by atoms with van der Waals surface area (Å²) in [5, 5.41) is 17.8. The summed E-state index contributed by atoms with van der Waals surface area (Å²) >= 11 is 0. The standard InChI is InChI=1S/C17H21BF3NO5/c1-15(2)16(3,4)27-18(26-15)11-5-6-12(13(9-11)24-8-7-22)25-10-14(23)17(19,20)21/h5-6,9,14,23H,8,10H2,1-4H3. The molecule has 1 aliphatic rings. The molecular formula is C17H21BF3NO5. The van der Waals surface area contributed by atoms with Gasteiger partial charge in [-0.15, -0.1) is 0 Å². The predicted octanol–water partition coefficient (Wildman–Crippen LogP) is 2.19. The van der Waals surface area contributed by atoms with Crippen molar-refractivity contribution in [3.63, 3.8) is 0 Å². The van der Waals surface area contributed by atoms with Crippen LogP contribution in [0.3, 0.4) is 0 Å². The molecule has 0 amide bonds. The van der Waals surface area contributed by atoms with Crippen molar-refractivity contribution in [1.29, 1.82) is 5.26 Å². The molecule has 1 fully saturated rings. The molecule has 6 nitrogen and oxygen atoms in total. The number of nitrogens with zero attached hydrogens (tertiary/aromatic N) is 1. The smallest absolute Gasteiger partial charge is 0.487 e. The summed E-state index contributed by atoms with van der Waals surface area (Å²) in [7, 11) is -0.714. The Bertz CT molecular complexity index is 702. The van der Waals surface area contributed by atoms with E-state index < -0.39 is 37.2 Å². The summed E-state index contributed by atoms with van der Waals surface area (Å²) in [6.07, 6.45) is -7.43. The Morgan fingerprint density at radius 2 is 1.74 bits per heavy atom. The minimum atomic E-state index is -4.80. The Morgan fingerprint density at radius 3 is 2.26 bits per heavy atom. The molecule has 1 aliphatic heterocycles. The van der Waals surface area contributed by atoms with Crippen molar-refractivity contribution >= 4 is 12.6 Å². The summed E-state index contributed by atoms with van der Waals surface area (Å²) in [6.45, 7) is 6.21. The number of hydrogen-bond acceptors (Lipinski definition) is 6. The lowest BCUT2D eigenvalue weighted by Crippen LogP contribution is -2.41. The second-order valence-electron chi connectivity index (χ2n) is 7.11. The molecular weight excluding hydrogens is 366 g/mol. The first-order valence-corrected chi connectivity index (χ1v) is 8.24. The van der Waals surface area contributed by atoms with E-state index in [2.05, 4.69) is 0 Å². The fourth-order valence-electron chi connectivity index (χ4n) is 2.26. The minimum absolute atomic E-state index is 0.0335. The van der Waals surface area contributed by atoms with Crippen LogP contribution < -0.4 is 14.9 Å². The highest BCUT2D eigenvalue weighted by molar-refractivity contribution is 6.62. The van der Waals surface area contributed by atoms with E-state index in [-0.39, 0.29) is 18.1 Å². The lowest BCUT2D eigenvalue weighted by atomic mass is 9.79. The third kappa shape index (κ3) is 4.86. The highest BCUT2D eigenvalue weighted by Gasteiger charge is 2.51. The van der Waals surface area contributed by atoms with Crippen LogP contribution in [0, 0.1) is 11.3 Å². The number of aliphatic hydroxyl groups excluding tert-OH is 1. The van der Waals surface area contributed by atoms with Crippen molar-refractivity contribution < 1.29 is 37.1 Å². The molecule has 148 valence electrons. The lowest BCUT2D eigenvalue weighted by Gasteiger charge is -2.32. The minimum Gasteiger partial charge on any atom is -0.487 e. The van der Waals surface area contributed by atoms with Crippen molar-refractivity contribution in [2.24, 2.45) is 0 Å². The highest BCUT2D eigenvalue weighted by Crippen LogP contribution is 2.37. The Kier molecular flexibility index (Phi) is 5.99. The summed E-state index contributed by atoms with van der Waals surface area (Å²) in [4.78, 5) is 0. The van der Waals surface area contributed by atoms with Gasteiger partial charge in [0.15, 0.2) is 24.2 Å². The Morgan fingerprint density at radius 1 is 1.15 bits per heavy atom. The maximum Gasteiger partial charge on any atom is 0.494 e. The zero-order chi connectivity index (χ0) is 20.5. The zero-order valence-electron chi connectivity index (χ0n) is 15.5. The van der Waals surface area contributed by atoms with Crippen molar-refractivity contribution in [1.82, 2.24) is 0 Å². The molecule has 10 heteroatoms. The molecule has 1 N–H and O–H groups in total. The fourth-order valence-corrected chi connectivity index (χ4v) is 2.26. The van der Waals surface area contributed by atoms with Crippen LogP contribution in [0.25, 0.3) is 0 Å². The van der Waals surface area contributed by atoms with E-state index in [1.807, 2.05) is 27.7 Å². The number of alkyl halides is 3. The van der Waals surface area contributed by atoms with Gasteiger partial charge in [0, 0.05) is 0 Å². The number of halogens is 3. The zero-order valence-corrected chi connectivity index (χ0v) is 15.5. The van der Waals surface area contributed by atoms with Crippen molar-refractivity contribution in [3.05, 3.63) is 18.2 Å². The van der Waals surface area contributed by atoms with Crippen LogP contribution >= 0.6 is 0 Å². The molecule has 0 bridgehead atoms. The fraction of sp³-hybridized carbons (Fsp3) is 0.588. The van der Waals surface area contributed by atoms with Gasteiger partial charge >= 0.3 is 13.3 Å². The first kappa shape index (κ1) is 21.3. The molecule has 1 aromatic carbocycles. The molecule has 1 aromatic rings. The number of hydrogen-bond donors (Lipinski definition) is 1. The Labute approximate surface area is 155 Å². The molecule has 1 unspecified atom stereocenters. The Balaban J connectivity index is 2.22. The van der Waals surface area contributed by atoms with Crippen LogP contribution in [-0.2, 0) is 9.31 Å². The average Bonchev–Trinajstić information content (AvgIpc) is 2.78. The van der Waals surface area contributed by atoms with Crippen LogP contribution in [0.2, 0.25) is 0 Å². The molecule has 27 heavy (non-hydrogen) atoms. The number of ether oxygens (including phenoxy) is 2. The molecule has 1 atom stereocenters. The van der Waals surface area contributed by atoms with Gasteiger partial charge in [-0.3, -0.25) is 0 Å². The lowest BCUT2D eigenvalue weighted by molar-refractivity contribution is -0.210. The third-order valence-electron chi connectivity index (χ3n) is 4.56. The summed E-state index contributed by atoms with van der Waals surface area (Å²) < 4.78 is 59.4. The van der Waals surface area contributed by atoms with Crippen molar-refractivity contribution in [3.8, 4) is 17.6 Å². The molecule has 2 rings (SSSR count). The summed E-state index contributed by atoms with van der Waals surface area (Å²) in [5.41, 5.74) is -0.584. The number of aliphatic hydroxyl groups is 1. The van der Waals surface area contributed by atoms with E-state index >= 15 is 0 Å². The average molecular weight is 387 g/mol.